The zero-order valence-corrected chi connectivity index (χ0v) is 10.5. The highest BCUT2D eigenvalue weighted by atomic mass is 32.2. The molecule has 0 radical (unpaired) electrons. The summed E-state index contributed by atoms with van der Waals surface area (Å²) in [5.74, 6) is 1.58. The van der Waals surface area contributed by atoms with E-state index in [-0.39, 0.29) is 5.91 Å². The summed E-state index contributed by atoms with van der Waals surface area (Å²) in [4.78, 5) is 15.2. The Morgan fingerprint density at radius 1 is 1.33 bits per heavy atom. The second-order valence-corrected chi connectivity index (χ2v) is 4.68. The van der Waals surface area contributed by atoms with Gasteiger partial charge in [0.15, 0.2) is 0 Å². The highest BCUT2D eigenvalue weighted by molar-refractivity contribution is 7.99. The Bertz CT molecular complexity index is 225. The van der Waals surface area contributed by atoms with Crippen LogP contribution in [-0.4, -0.2) is 61.4 Å². The number of carbonyl (C=O) groups excluding carboxylic acids is 1. The number of carbonyl (C=O) groups is 1. The molecule has 0 heterocycles. The third kappa shape index (κ3) is 8.28. The predicted octanol–water partition coefficient (Wildman–Crippen LogP) is 0.653. The van der Waals surface area contributed by atoms with Gasteiger partial charge in [0.2, 0.25) is 5.91 Å². The Labute approximate surface area is 96.2 Å². The van der Waals surface area contributed by atoms with E-state index < -0.39 is 0 Å². The van der Waals surface area contributed by atoms with E-state index in [0.717, 1.165) is 12.3 Å². The fourth-order valence-corrected chi connectivity index (χ4v) is 1.89. The lowest BCUT2D eigenvalue weighted by Gasteiger charge is -2.15. The number of hydrogen-bond donors (Lipinski definition) is 0. The molecule has 5 heteroatoms. The highest BCUT2D eigenvalue weighted by Gasteiger charge is 2.07. The van der Waals surface area contributed by atoms with Crippen molar-refractivity contribution in [2.24, 2.45) is 0 Å². The average molecular weight is 229 g/mol. The molecule has 0 aromatic carbocycles. The summed E-state index contributed by atoms with van der Waals surface area (Å²) in [7, 11) is 5.77. The number of nitriles is 1. The van der Waals surface area contributed by atoms with Gasteiger partial charge in [-0.15, -0.1) is 0 Å². The topological polar surface area (TPSA) is 47.3 Å². The van der Waals surface area contributed by atoms with Gasteiger partial charge in [0.25, 0.3) is 0 Å². The molecule has 0 aliphatic rings. The first-order valence-corrected chi connectivity index (χ1v) is 6.06. The van der Waals surface area contributed by atoms with Crippen LogP contribution in [0.2, 0.25) is 0 Å². The average Bonchev–Trinajstić information content (AvgIpc) is 2.20. The maximum absolute atomic E-state index is 11.5. The summed E-state index contributed by atoms with van der Waals surface area (Å²) in [5, 5.41) is 8.37. The molecule has 0 rings (SSSR count). The lowest BCUT2D eigenvalue weighted by Crippen LogP contribution is -2.29. The molecular weight excluding hydrogens is 210 g/mol. The van der Waals surface area contributed by atoms with Gasteiger partial charge in [-0.25, -0.2) is 0 Å². The molecule has 0 aromatic heterocycles. The molecule has 1 amide bonds. The standard InChI is InChI=1S/C10H19N3OS/c1-12(2)7-8-15-9-10(14)13(3)6-4-5-11/h4,6-9H2,1-3H3. The van der Waals surface area contributed by atoms with Gasteiger partial charge in [-0.2, -0.15) is 17.0 Å². The second-order valence-electron chi connectivity index (χ2n) is 3.58. The van der Waals surface area contributed by atoms with Crippen LogP contribution >= 0.6 is 11.8 Å². The Kier molecular flexibility index (Phi) is 8.15. The van der Waals surface area contributed by atoms with Gasteiger partial charge in [-0.3, -0.25) is 4.79 Å². The first-order chi connectivity index (χ1) is 7.07. The second kappa shape index (κ2) is 8.57. The smallest absolute Gasteiger partial charge is 0.232 e. The molecule has 0 aromatic rings. The van der Waals surface area contributed by atoms with Crippen molar-refractivity contribution in [2.75, 3.05) is 45.7 Å². The molecule has 0 N–H and O–H groups in total. The molecule has 0 saturated carbocycles. The van der Waals surface area contributed by atoms with Crippen molar-refractivity contribution in [3.63, 3.8) is 0 Å². The van der Waals surface area contributed by atoms with Gasteiger partial charge in [0, 0.05) is 25.9 Å². The number of amides is 1. The van der Waals surface area contributed by atoms with E-state index in [4.69, 9.17) is 5.26 Å². The number of rotatable bonds is 7. The molecule has 0 spiro atoms. The van der Waals surface area contributed by atoms with E-state index in [1.807, 2.05) is 20.2 Å². The summed E-state index contributed by atoms with van der Waals surface area (Å²) in [5.41, 5.74) is 0. The molecule has 0 saturated heterocycles. The maximum atomic E-state index is 11.5. The van der Waals surface area contributed by atoms with Crippen molar-refractivity contribution < 1.29 is 4.79 Å². The predicted molar refractivity (Wildman–Crippen MR) is 63.7 cm³/mol. The Morgan fingerprint density at radius 2 is 2.00 bits per heavy atom. The summed E-state index contributed by atoms with van der Waals surface area (Å²) in [6, 6.07) is 2.03. The third-order valence-corrected chi connectivity index (χ3v) is 2.82. The summed E-state index contributed by atoms with van der Waals surface area (Å²) in [6.45, 7) is 1.52. The first-order valence-electron chi connectivity index (χ1n) is 4.91. The van der Waals surface area contributed by atoms with Crippen LogP contribution < -0.4 is 0 Å². The lowest BCUT2D eigenvalue weighted by atomic mass is 10.4. The van der Waals surface area contributed by atoms with Crippen LogP contribution in [0.1, 0.15) is 6.42 Å². The molecule has 0 bridgehead atoms. The first kappa shape index (κ1) is 14.3. The third-order valence-electron chi connectivity index (χ3n) is 1.89. The van der Waals surface area contributed by atoms with Gasteiger partial charge in [-0.1, -0.05) is 0 Å². The fraction of sp³-hybridized carbons (Fsp3) is 0.800. The van der Waals surface area contributed by atoms with Crippen molar-refractivity contribution in [3.8, 4) is 6.07 Å². The maximum Gasteiger partial charge on any atom is 0.232 e. The monoisotopic (exact) mass is 229 g/mol. The van der Waals surface area contributed by atoms with Crippen LogP contribution in [-0.2, 0) is 4.79 Å². The van der Waals surface area contributed by atoms with Crippen molar-refractivity contribution in [2.45, 2.75) is 6.42 Å². The van der Waals surface area contributed by atoms with E-state index in [9.17, 15) is 4.79 Å². The number of nitrogens with zero attached hydrogens (tertiary/aromatic N) is 3. The van der Waals surface area contributed by atoms with Gasteiger partial charge in [0.05, 0.1) is 18.2 Å². The minimum Gasteiger partial charge on any atom is -0.344 e. The lowest BCUT2D eigenvalue weighted by molar-refractivity contribution is -0.127. The van der Waals surface area contributed by atoms with Crippen LogP contribution in [0.4, 0.5) is 0 Å². The Morgan fingerprint density at radius 3 is 2.53 bits per heavy atom. The Balaban J connectivity index is 3.52. The zero-order chi connectivity index (χ0) is 11.7. The summed E-state index contributed by atoms with van der Waals surface area (Å²) >= 11 is 1.64. The fourth-order valence-electron chi connectivity index (χ4n) is 0.859. The van der Waals surface area contributed by atoms with Crippen LogP contribution in [0.15, 0.2) is 0 Å². The van der Waals surface area contributed by atoms with Gasteiger partial charge < -0.3 is 9.80 Å². The molecule has 0 fully saturated rings. The van der Waals surface area contributed by atoms with Gasteiger partial charge in [-0.05, 0) is 14.1 Å². The van der Waals surface area contributed by atoms with Crippen molar-refractivity contribution in [3.05, 3.63) is 0 Å². The highest BCUT2D eigenvalue weighted by Crippen LogP contribution is 2.02. The summed E-state index contributed by atoms with van der Waals surface area (Å²) in [6.07, 6.45) is 0.407. The van der Waals surface area contributed by atoms with Crippen molar-refractivity contribution >= 4 is 17.7 Å². The SMILES string of the molecule is CN(C)CCSCC(=O)N(C)CCC#N. The molecule has 15 heavy (non-hydrogen) atoms. The molecule has 86 valence electrons. The van der Waals surface area contributed by atoms with Crippen LogP contribution in [0.25, 0.3) is 0 Å². The molecular formula is C10H19N3OS. The van der Waals surface area contributed by atoms with Gasteiger partial charge in [0.1, 0.15) is 0 Å². The van der Waals surface area contributed by atoms with E-state index in [0.29, 0.717) is 18.7 Å². The summed E-state index contributed by atoms with van der Waals surface area (Å²) < 4.78 is 0. The van der Waals surface area contributed by atoms with Crippen LogP contribution in [0, 0.1) is 11.3 Å². The van der Waals surface area contributed by atoms with Crippen LogP contribution in [0.3, 0.4) is 0 Å². The van der Waals surface area contributed by atoms with Crippen LogP contribution in [0.5, 0.6) is 0 Å². The zero-order valence-electron chi connectivity index (χ0n) is 9.69. The molecule has 0 atom stereocenters. The minimum atomic E-state index is 0.106. The quantitative estimate of drug-likeness (QED) is 0.602. The molecule has 0 unspecified atom stereocenters. The van der Waals surface area contributed by atoms with E-state index >= 15 is 0 Å². The number of hydrogen-bond acceptors (Lipinski definition) is 4. The molecule has 0 aliphatic heterocycles. The largest absolute Gasteiger partial charge is 0.344 e. The van der Waals surface area contributed by atoms with Crippen molar-refractivity contribution in [1.82, 2.24) is 9.80 Å². The van der Waals surface area contributed by atoms with Gasteiger partial charge >= 0.3 is 0 Å². The van der Waals surface area contributed by atoms with E-state index in [2.05, 4.69) is 4.90 Å². The van der Waals surface area contributed by atoms with E-state index in [1.165, 1.54) is 0 Å². The molecule has 4 nitrogen and oxygen atoms in total. The Hall–Kier alpha value is -0.730. The van der Waals surface area contributed by atoms with Crippen molar-refractivity contribution in [1.29, 1.82) is 5.26 Å². The van der Waals surface area contributed by atoms with E-state index in [1.54, 1.807) is 23.7 Å². The molecule has 0 aliphatic carbocycles. The normalized spacial score (nSPS) is 10.1. The number of thioether (sulfide) groups is 1. The minimum absolute atomic E-state index is 0.106.